The molecule has 1 amide bonds. The third kappa shape index (κ3) is 3.29. The summed E-state index contributed by atoms with van der Waals surface area (Å²) in [5.74, 6) is 0.699. The minimum Gasteiger partial charge on any atom is -0.354 e. The average Bonchev–Trinajstić information content (AvgIpc) is 3.02. The van der Waals surface area contributed by atoms with E-state index < -0.39 is 0 Å². The van der Waals surface area contributed by atoms with Crippen LogP contribution in [0, 0.1) is 0 Å². The number of rotatable bonds is 6. The molecule has 2 aromatic rings. The number of carbonyl (C=O) groups excluding carboxylic acids is 1. The van der Waals surface area contributed by atoms with Gasteiger partial charge in [0.2, 0.25) is 5.91 Å². The standard InChI is InChI=1S/C17H20N2O/c20-17(9-6-12-19-10-4-5-11-19)18-16-13-15(16)14-7-2-1-3-8-14/h1-5,7-8,10-11,15-16H,6,9,12-13H2,(H,18,20)/t15-,16-/m1/s1. The molecule has 1 aliphatic rings. The van der Waals surface area contributed by atoms with Gasteiger partial charge >= 0.3 is 0 Å². The molecular weight excluding hydrogens is 248 g/mol. The lowest BCUT2D eigenvalue weighted by Gasteiger charge is -2.06. The van der Waals surface area contributed by atoms with E-state index in [0.29, 0.717) is 18.4 Å². The summed E-state index contributed by atoms with van der Waals surface area (Å²) in [5.41, 5.74) is 1.34. The van der Waals surface area contributed by atoms with Crippen molar-refractivity contribution in [1.29, 1.82) is 0 Å². The fourth-order valence-corrected chi connectivity index (χ4v) is 2.64. The zero-order valence-electron chi connectivity index (χ0n) is 11.5. The van der Waals surface area contributed by atoms with Crippen LogP contribution in [0.1, 0.15) is 30.7 Å². The van der Waals surface area contributed by atoms with Gasteiger partial charge < -0.3 is 9.88 Å². The molecule has 0 spiro atoms. The van der Waals surface area contributed by atoms with Crippen LogP contribution in [-0.4, -0.2) is 16.5 Å². The number of aryl methyl sites for hydroxylation is 1. The van der Waals surface area contributed by atoms with Gasteiger partial charge in [-0.15, -0.1) is 0 Å². The van der Waals surface area contributed by atoms with Crippen LogP contribution < -0.4 is 5.32 Å². The second-order valence-corrected chi connectivity index (χ2v) is 5.45. The smallest absolute Gasteiger partial charge is 0.220 e. The van der Waals surface area contributed by atoms with Crippen LogP contribution in [0.15, 0.2) is 54.9 Å². The predicted octanol–water partition coefficient (Wildman–Crippen LogP) is 2.94. The Kier molecular flexibility index (Phi) is 3.86. The van der Waals surface area contributed by atoms with Gasteiger partial charge in [-0.3, -0.25) is 4.79 Å². The molecule has 1 N–H and O–H groups in total. The number of carbonyl (C=O) groups is 1. The highest BCUT2D eigenvalue weighted by atomic mass is 16.1. The van der Waals surface area contributed by atoms with Gasteiger partial charge in [0.15, 0.2) is 0 Å². The van der Waals surface area contributed by atoms with E-state index in [1.54, 1.807) is 0 Å². The Morgan fingerprint density at radius 1 is 1.15 bits per heavy atom. The van der Waals surface area contributed by atoms with Crippen LogP contribution in [0.2, 0.25) is 0 Å². The van der Waals surface area contributed by atoms with Crippen molar-refractivity contribution < 1.29 is 4.79 Å². The topological polar surface area (TPSA) is 34.0 Å². The highest BCUT2D eigenvalue weighted by molar-refractivity contribution is 5.76. The molecule has 1 aromatic carbocycles. The molecule has 104 valence electrons. The zero-order chi connectivity index (χ0) is 13.8. The van der Waals surface area contributed by atoms with Crippen molar-refractivity contribution in [2.75, 3.05) is 0 Å². The monoisotopic (exact) mass is 268 g/mol. The summed E-state index contributed by atoms with van der Waals surface area (Å²) in [7, 11) is 0. The fourth-order valence-electron chi connectivity index (χ4n) is 2.64. The maximum absolute atomic E-state index is 11.9. The third-order valence-electron chi connectivity index (χ3n) is 3.85. The number of benzene rings is 1. The largest absolute Gasteiger partial charge is 0.354 e. The van der Waals surface area contributed by atoms with Crippen molar-refractivity contribution in [3.63, 3.8) is 0 Å². The van der Waals surface area contributed by atoms with Crippen LogP contribution >= 0.6 is 0 Å². The SMILES string of the molecule is O=C(CCCn1cccc1)N[C@@H]1C[C@@H]1c1ccccc1. The molecule has 1 fully saturated rings. The van der Waals surface area contributed by atoms with Crippen LogP contribution in [0.4, 0.5) is 0 Å². The Hall–Kier alpha value is -2.03. The molecule has 1 aromatic heterocycles. The lowest BCUT2D eigenvalue weighted by Crippen LogP contribution is -2.26. The quantitative estimate of drug-likeness (QED) is 0.858. The Balaban J connectivity index is 1.38. The van der Waals surface area contributed by atoms with Gasteiger partial charge in [-0.1, -0.05) is 30.3 Å². The van der Waals surface area contributed by atoms with Crippen molar-refractivity contribution in [1.82, 2.24) is 9.88 Å². The summed E-state index contributed by atoms with van der Waals surface area (Å²) in [6.45, 7) is 0.910. The second-order valence-electron chi connectivity index (χ2n) is 5.45. The van der Waals surface area contributed by atoms with E-state index in [2.05, 4.69) is 34.1 Å². The van der Waals surface area contributed by atoms with Crippen LogP contribution in [0.5, 0.6) is 0 Å². The molecule has 0 bridgehead atoms. The molecule has 1 heterocycles. The molecule has 0 aliphatic heterocycles. The molecule has 1 saturated carbocycles. The van der Waals surface area contributed by atoms with Crippen LogP contribution in [0.25, 0.3) is 0 Å². The Morgan fingerprint density at radius 3 is 2.65 bits per heavy atom. The molecule has 20 heavy (non-hydrogen) atoms. The van der Waals surface area contributed by atoms with Crippen LogP contribution in [-0.2, 0) is 11.3 Å². The van der Waals surface area contributed by atoms with E-state index in [9.17, 15) is 4.79 Å². The molecule has 3 heteroatoms. The maximum Gasteiger partial charge on any atom is 0.220 e. The van der Waals surface area contributed by atoms with Crippen LogP contribution in [0.3, 0.4) is 0 Å². The first-order valence-electron chi connectivity index (χ1n) is 7.28. The average molecular weight is 268 g/mol. The van der Waals surface area contributed by atoms with Gasteiger partial charge in [0.05, 0.1) is 0 Å². The highest BCUT2D eigenvalue weighted by Gasteiger charge is 2.39. The first-order chi connectivity index (χ1) is 9.83. The minimum atomic E-state index is 0.181. The van der Waals surface area contributed by atoms with Crippen molar-refractivity contribution in [3.05, 3.63) is 60.4 Å². The first-order valence-corrected chi connectivity index (χ1v) is 7.28. The number of nitrogens with zero attached hydrogens (tertiary/aromatic N) is 1. The van der Waals surface area contributed by atoms with E-state index in [4.69, 9.17) is 0 Å². The van der Waals surface area contributed by atoms with E-state index >= 15 is 0 Å². The summed E-state index contributed by atoms with van der Waals surface area (Å²) in [5, 5.41) is 3.13. The lowest BCUT2D eigenvalue weighted by molar-refractivity contribution is -0.121. The van der Waals surface area contributed by atoms with Crippen molar-refractivity contribution in [3.8, 4) is 0 Å². The summed E-state index contributed by atoms with van der Waals surface area (Å²) in [6, 6.07) is 14.8. The Bertz CT molecular complexity index is 548. The van der Waals surface area contributed by atoms with Gasteiger partial charge in [-0.2, -0.15) is 0 Å². The van der Waals surface area contributed by atoms with E-state index in [0.717, 1.165) is 19.4 Å². The van der Waals surface area contributed by atoms with Gasteiger partial charge in [0, 0.05) is 37.3 Å². The zero-order valence-corrected chi connectivity index (χ0v) is 11.5. The third-order valence-corrected chi connectivity index (χ3v) is 3.85. The molecule has 3 rings (SSSR count). The van der Waals surface area contributed by atoms with E-state index in [1.165, 1.54) is 5.56 Å². The number of amides is 1. The van der Waals surface area contributed by atoms with Crippen molar-refractivity contribution >= 4 is 5.91 Å². The molecule has 0 unspecified atom stereocenters. The van der Waals surface area contributed by atoms with Gasteiger partial charge in [0.1, 0.15) is 0 Å². The predicted molar refractivity (Wildman–Crippen MR) is 79.4 cm³/mol. The summed E-state index contributed by atoms with van der Waals surface area (Å²) in [4.78, 5) is 11.9. The number of hydrogen-bond acceptors (Lipinski definition) is 1. The summed E-state index contributed by atoms with van der Waals surface area (Å²) in [6.07, 6.45) is 6.64. The molecular formula is C17H20N2O. The number of aromatic nitrogens is 1. The maximum atomic E-state index is 11.9. The minimum absolute atomic E-state index is 0.181. The van der Waals surface area contributed by atoms with Gasteiger partial charge in [0.25, 0.3) is 0 Å². The van der Waals surface area contributed by atoms with E-state index in [1.807, 2.05) is 30.6 Å². The molecule has 1 aliphatic carbocycles. The molecule has 3 nitrogen and oxygen atoms in total. The van der Waals surface area contributed by atoms with Gasteiger partial charge in [-0.05, 0) is 30.5 Å². The normalized spacial score (nSPS) is 20.6. The van der Waals surface area contributed by atoms with Gasteiger partial charge in [-0.25, -0.2) is 0 Å². The Morgan fingerprint density at radius 2 is 1.90 bits per heavy atom. The second kappa shape index (κ2) is 5.95. The summed E-state index contributed by atoms with van der Waals surface area (Å²) >= 11 is 0. The molecule has 2 atom stereocenters. The first kappa shape index (κ1) is 13.0. The highest BCUT2D eigenvalue weighted by Crippen LogP contribution is 2.40. The Labute approximate surface area is 119 Å². The summed E-state index contributed by atoms with van der Waals surface area (Å²) < 4.78 is 2.11. The number of hydrogen-bond donors (Lipinski definition) is 1. The lowest BCUT2D eigenvalue weighted by atomic mass is 10.1. The van der Waals surface area contributed by atoms with Crippen molar-refractivity contribution in [2.45, 2.75) is 37.8 Å². The van der Waals surface area contributed by atoms with E-state index in [-0.39, 0.29) is 5.91 Å². The molecule has 0 radical (unpaired) electrons. The number of nitrogens with one attached hydrogen (secondary N) is 1. The fraction of sp³-hybridized carbons (Fsp3) is 0.353. The van der Waals surface area contributed by atoms with Crippen molar-refractivity contribution in [2.24, 2.45) is 0 Å². The molecule has 0 saturated heterocycles.